The van der Waals surface area contributed by atoms with Crippen molar-refractivity contribution in [3.8, 4) is 5.75 Å². The van der Waals surface area contributed by atoms with Gasteiger partial charge in [-0.2, -0.15) is 17.6 Å². The molecule has 0 amide bonds. The average Bonchev–Trinajstić information content (AvgIpc) is 3.25. The molecule has 24 heavy (non-hydrogen) atoms. The van der Waals surface area contributed by atoms with Gasteiger partial charge < -0.3 is 10.1 Å². The van der Waals surface area contributed by atoms with Crippen molar-refractivity contribution in [1.29, 1.82) is 0 Å². The van der Waals surface area contributed by atoms with Crippen LogP contribution in [0.3, 0.4) is 0 Å². The first-order chi connectivity index (χ1) is 11.6. The Morgan fingerprint density at radius 2 is 2.00 bits per heavy atom. The van der Waals surface area contributed by atoms with Crippen LogP contribution < -0.4 is 10.1 Å². The van der Waals surface area contributed by atoms with Gasteiger partial charge in [-0.25, -0.2) is 0 Å². The monoisotopic (exact) mass is 343 g/mol. The van der Waals surface area contributed by atoms with E-state index in [1.54, 1.807) is 48.7 Å². The van der Waals surface area contributed by atoms with Crippen LogP contribution in [-0.4, -0.2) is 36.8 Å². The topological polar surface area (TPSA) is 73.2 Å². The molecule has 6 nitrogen and oxygen atoms in total. The van der Waals surface area contributed by atoms with Gasteiger partial charge in [0.2, 0.25) is 0 Å². The van der Waals surface area contributed by atoms with E-state index in [0.29, 0.717) is 5.52 Å². The number of nitrogens with zero attached hydrogens (tertiary/aromatic N) is 2. The van der Waals surface area contributed by atoms with Crippen molar-refractivity contribution in [1.82, 2.24) is 14.5 Å². The molecular weight excluding hydrogens is 326 g/mol. The fraction of sp³-hybridized carbons (Fsp3) is 0.235. The first kappa shape index (κ1) is 15.2. The Morgan fingerprint density at radius 1 is 1.17 bits per heavy atom. The SMILES string of the molecule is O=S(=O)(c1ccccc1)n1ncc2cc(OC3CCNC3)ccc21. The lowest BCUT2D eigenvalue weighted by Crippen LogP contribution is -2.19. The van der Waals surface area contributed by atoms with Crippen molar-refractivity contribution in [2.24, 2.45) is 0 Å². The van der Waals surface area contributed by atoms with Crippen LogP contribution in [0.2, 0.25) is 0 Å². The van der Waals surface area contributed by atoms with Gasteiger partial charge in [-0.3, -0.25) is 0 Å². The van der Waals surface area contributed by atoms with E-state index < -0.39 is 10.0 Å². The van der Waals surface area contributed by atoms with Crippen LogP contribution in [0.25, 0.3) is 10.9 Å². The lowest BCUT2D eigenvalue weighted by molar-refractivity contribution is 0.223. The molecule has 0 aliphatic carbocycles. The molecule has 1 aliphatic rings. The van der Waals surface area contributed by atoms with Crippen LogP contribution in [0.15, 0.2) is 59.6 Å². The molecule has 0 bridgehead atoms. The van der Waals surface area contributed by atoms with E-state index in [0.717, 1.165) is 34.7 Å². The van der Waals surface area contributed by atoms with Gasteiger partial charge in [-0.1, -0.05) is 18.2 Å². The standard InChI is InChI=1S/C17H17N3O3S/c21-24(22,16-4-2-1-3-5-16)20-17-7-6-14(10-13(17)11-19-20)23-15-8-9-18-12-15/h1-7,10-11,15,18H,8-9,12H2. The molecule has 124 valence electrons. The highest BCUT2D eigenvalue weighted by atomic mass is 32.2. The Bertz CT molecular complexity index is 961. The highest BCUT2D eigenvalue weighted by Gasteiger charge is 2.21. The van der Waals surface area contributed by atoms with Crippen LogP contribution in [0.4, 0.5) is 0 Å². The fourth-order valence-corrected chi connectivity index (χ4v) is 4.16. The van der Waals surface area contributed by atoms with Crippen molar-refractivity contribution in [2.45, 2.75) is 17.4 Å². The zero-order valence-corrected chi connectivity index (χ0v) is 13.7. The van der Waals surface area contributed by atoms with Gasteiger partial charge in [-0.15, -0.1) is 0 Å². The Labute approximate surface area is 140 Å². The normalized spacial score (nSPS) is 18.1. The number of hydrogen-bond donors (Lipinski definition) is 1. The molecule has 0 spiro atoms. The second kappa shape index (κ2) is 5.92. The number of hydrogen-bond acceptors (Lipinski definition) is 5. The third-order valence-corrected chi connectivity index (χ3v) is 5.71. The zero-order chi connectivity index (χ0) is 16.6. The molecule has 3 aromatic rings. The summed E-state index contributed by atoms with van der Waals surface area (Å²) in [5.74, 6) is 0.729. The highest BCUT2D eigenvalue weighted by molar-refractivity contribution is 7.90. The van der Waals surface area contributed by atoms with E-state index in [-0.39, 0.29) is 11.0 Å². The number of nitrogens with one attached hydrogen (secondary N) is 1. The minimum absolute atomic E-state index is 0.158. The van der Waals surface area contributed by atoms with Crippen LogP contribution in [0.5, 0.6) is 5.75 Å². The average molecular weight is 343 g/mol. The van der Waals surface area contributed by atoms with Crippen molar-refractivity contribution >= 4 is 20.9 Å². The summed E-state index contributed by atoms with van der Waals surface area (Å²) in [6.45, 7) is 1.79. The maximum Gasteiger partial charge on any atom is 0.283 e. The molecule has 2 heterocycles. The van der Waals surface area contributed by atoms with Crippen molar-refractivity contribution in [3.63, 3.8) is 0 Å². The summed E-state index contributed by atoms with van der Waals surface area (Å²) < 4.78 is 32.4. The molecule has 0 saturated carbocycles. The molecule has 1 saturated heterocycles. The molecule has 1 aromatic heterocycles. The largest absolute Gasteiger partial charge is 0.489 e. The number of benzene rings is 2. The number of fused-ring (bicyclic) bond motifs is 1. The maximum atomic E-state index is 12.7. The summed E-state index contributed by atoms with van der Waals surface area (Å²) in [5, 5.41) is 8.06. The number of aromatic nitrogens is 2. The maximum absolute atomic E-state index is 12.7. The lowest BCUT2D eigenvalue weighted by Gasteiger charge is -2.12. The van der Waals surface area contributed by atoms with Gasteiger partial charge in [0.15, 0.2) is 0 Å². The molecule has 1 atom stereocenters. The Morgan fingerprint density at radius 3 is 2.75 bits per heavy atom. The van der Waals surface area contributed by atoms with E-state index in [9.17, 15) is 8.42 Å². The molecule has 0 radical (unpaired) electrons. The molecular formula is C17H17N3O3S. The van der Waals surface area contributed by atoms with Gasteiger partial charge in [-0.05, 0) is 43.3 Å². The van der Waals surface area contributed by atoms with Crippen molar-refractivity contribution in [2.75, 3.05) is 13.1 Å². The Kier molecular flexibility index (Phi) is 3.74. The predicted molar refractivity (Wildman–Crippen MR) is 90.7 cm³/mol. The van der Waals surface area contributed by atoms with Gasteiger partial charge in [0, 0.05) is 11.9 Å². The fourth-order valence-electron chi connectivity index (χ4n) is 2.87. The van der Waals surface area contributed by atoms with Crippen LogP contribution in [-0.2, 0) is 10.0 Å². The second-order valence-electron chi connectivity index (χ2n) is 5.76. The summed E-state index contributed by atoms with van der Waals surface area (Å²) in [4.78, 5) is 0.215. The van der Waals surface area contributed by atoms with Gasteiger partial charge in [0.1, 0.15) is 11.9 Å². The van der Waals surface area contributed by atoms with Gasteiger partial charge >= 0.3 is 0 Å². The molecule has 1 aliphatic heterocycles. The van der Waals surface area contributed by atoms with E-state index in [2.05, 4.69) is 10.4 Å². The zero-order valence-electron chi connectivity index (χ0n) is 12.9. The Hall–Kier alpha value is -2.38. The number of rotatable bonds is 4. The van der Waals surface area contributed by atoms with Crippen LogP contribution in [0, 0.1) is 0 Å². The van der Waals surface area contributed by atoms with E-state index in [1.165, 1.54) is 0 Å². The predicted octanol–water partition coefficient (Wildman–Crippen LogP) is 2.01. The van der Waals surface area contributed by atoms with Gasteiger partial charge in [0.25, 0.3) is 10.0 Å². The first-order valence-corrected chi connectivity index (χ1v) is 9.24. The second-order valence-corrected chi connectivity index (χ2v) is 7.53. The van der Waals surface area contributed by atoms with Crippen molar-refractivity contribution in [3.05, 3.63) is 54.7 Å². The van der Waals surface area contributed by atoms with Gasteiger partial charge in [0.05, 0.1) is 16.6 Å². The minimum atomic E-state index is -3.70. The third kappa shape index (κ3) is 2.65. The summed E-state index contributed by atoms with van der Waals surface area (Å²) >= 11 is 0. The summed E-state index contributed by atoms with van der Waals surface area (Å²) in [5.41, 5.74) is 0.538. The molecule has 1 fully saturated rings. The summed E-state index contributed by atoms with van der Waals surface area (Å²) in [7, 11) is -3.70. The van der Waals surface area contributed by atoms with E-state index in [4.69, 9.17) is 4.74 Å². The third-order valence-electron chi connectivity index (χ3n) is 4.09. The summed E-state index contributed by atoms with van der Waals surface area (Å²) in [6.07, 6.45) is 2.68. The van der Waals surface area contributed by atoms with Crippen LogP contribution >= 0.6 is 0 Å². The molecule has 4 rings (SSSR count). The Balaban J connectivity index is 1.70. The quantitative estimate of drug-likeness (QED) is 0.784. The van der Waals surface area contributed by atoms with Crippen molar-refractivity contribution < 1.29 is 13.2 Å². The lowest BCUT2D eigenvalue weighted by atomic mass is 10.2. The number of ether oxygens (including phenoxy) is 1. The van der Waals surface area contributed by atoms with E-state index >= 15 is 0 Å². The molecule has 7 heteroatoms. The highest BCUT2D eigenvalue weighted by Crippen LogP contribution is 2.25. The summed E-state index contributed by atoms with van der Waals surface area (Å²) in [6, 6.07) is 13.7. The smallest absolute Gasteiger partial charge is 0.283 e. The minimum Gasteiger partial charge on any atom is -0.489 e. The molecule has 1 unspecified atom stereocenters. The van der Waals surface area contributed by atoms with Crippen LogP contribution in [0.1, 0.15) is 6.42 Å². The molecule has 2 aromatic carbocycles. The molecule has 1 N–H and O–H groups in total. The first-order valence-electron chi connectivity index (χ1n) is 7.80. The van der Waals surface area contributed by atoms with E-state index in [1.807, 2.05) is 6.07 Å².